The number of hydrogen-bond donors (Lipinski definition) is 1. The number of nitrogens with one attached hydrogen (secondary N) is 1. The number of aromatic nitrogens is 3. The van der Waals surface area contributed by atoms with Crippen molar-refractivity contribution in [3.63, 3.8) is 0 Å². The number of hydrogen-bond acceptors (Lipinski definition) is 5. The van der Waals surface area contributed by atoms with Gasteiger partial charge in [-0.2, -0.15) is 5.10 Å². The monoisotopic (exact) mass is 461 g/mol. The van der Waals surface area contributed by atoms with Crippen LogP contribution in [0, 0.1) is 5.82 Å². The van der Waals surface area contributed by atoms with Gasteiger partial charge in [0.25, 0.3) is 0 Å². The SMILES string of the molecule is CCN1CCC(n2cc(-c3cnc4c(c3)O[C@@H](c3c(Cl)ccc(F)c3Cl)N4)cn2)CC1. The normalized spacial score (nSPS) is 19.2. The molecule has 31 heavy (non-hydrogen) atoms. The molecule has 1 saturated heterocycles. The first-order valence-corrected chi connectivity index (χ1v) is 11.1. The van der Waals surface area contributed by atoms with Crippen LogP contribution in [0.4, 0.5) is 10.2 Å². The van der Waals surface area contributed by atoms with Crippen LogP contribution in [0.2, 0.25) is 10.0 Å². The average Bonchev–Trinajstić information content (AvgIpc) is 3.43. The summed E-state index contributed by atoms with van der Waals surface area (Å²) >= 11 is 12.4. The molecule has 9 heteroatoms. The molecule has 0 amide bonds. The number of nitrogens with zero attached hydrogens (tertiary/aromatic N) is 4. The number of pyridine rings is 1. The van der Waals surface area contributed by atoms with Gasteiger partial charge < -0.3 is 15.0 Å². The maximum atomic E-state index is 13.9. The first-order chi connectivity index (χ1) is 15.0. The van der Waals surface area contributed by atoms with E-state index in [1.54, 1.807) is 6.20 Å². The molecule has 5 rings (SSSR count). The van der Waals surface area contributed by atoms with Crippen molar-refractivity contribution in [1.82, 2.24) is 19.7 Å². The van der Waals surface area contributed by atoms with E-state index in [0.717, 1.165) is 43.6 Å². The summed E-state index contributed by atoms with van der Waals surface area (Å²) in [6.45, 7) is 5.50. The van der Waals surface area contributed by atoms with Crippen molar-refractivity contribution in [2.45, 2.75) is 32.0 Å². The van der Waals surface area contributed by atoms with E-state index in [1.165, 1.54) is 12.1 Å². The molecule has 0 unspecified atom stereocenters. The molecule has 162 valence electrons. The lowest BCUT2D eigenvalue weighted by Crippen LogP contribution is -2.34. The van der Waals surface area contributed by atoms with Gasteiger partial charge in [-0.3, -0.25) is 4.68 Å². The van der Waals surface area contributed by atoms with Crippen molar-refractivity contribution in [2.24, 2.45) is 0 Å². The minimum atomic E-state index is -0.708. The lowest BCUT2D eigenvalue weighted by Gasteiger charge is -2.31. The minimum Gasteiger partial charge on any atom is -0.462 e. The van der Waals surface area contributed by atoms with E-state index in [0.29, 0.717) is 28.2 Å². The third kappa shape index (κ3) is 3.86. The Balaban J connectivity index is 1.35. The van der Waals surface area contributed by atoms with Gasteiger partial charge in [0.2, 0.25) is 6.23 Å². The third-order valence-corrected chi connectivity index (χ3v) is 6.73. The van der Waals surface area contributed by atoms with Crippen molar-refractivity contribution < 1.29 is 9.13 Å². The van der Waals surface area contributed by atoms with E-state index in [-0.39, 0.29) is 5.02 Å². The molecule has 4 heterocycles. The highest BCUT2D eigenvalue weighted by atomic mass is 35.5. The van der Waals surface area contributed by atoms with E-state index in [9.17, 15) is 4.39 Å². The summed E-state index contributed by atoms with van der Waals surface area (Å²) in [7, 11) is 0. The molecule has 1 N–H and O–H groups in total. The molecule has 0 saturated carbocycles. The summed E-state index contributed by atoms with van der Waals surface area (Å²) in [5, 5.41) is 7.97. The van der Waals surface area contributed by atoms with Crippen LogP contribution < -0.4 is 10.1 Å². The Kier molecular flexibility index (Phi) is 5.50. The Bertz CT molecular complexity index is 1110. The molecule has 2 aliphatic rings. The molecule has 1 aromatic carbocycles. The van der Waals surface area contributed by atoms with Gasteiger partial charge in [0.1, 0.15) is 5.82 Å². The summed E-state index contributed by atoms with van der Waals surface area (Å²) in [5.74, 6) is 0.570. The topological polar surface area (TPSA) is 55.2 Å². The minimum absolute atomic E-state index is 0.0616. The van der Waals surface area contributed by atoms with Crippen LogP contribution in [0.5, 0.6) is 5.75 Å². The highest BCUT2D eigenvalue weighted by Gasteiger charge is 2.30. The van der Waals surface area contributed by atoms with Gasteiger partial charge in [-0.1, -0.05) is 30.1 Å². The van der Waals surface area contributed by atoms with Crippen molar-refractivity contribution in [3.8, 4) is 16.9 Å². The number of halogens is 3. The number of ether oxygens (including phenoxy) is 1. The Hall–Kier alpha value is -2.35. The molecule has 0 aliphatic carbocycles. The molecule has 3 aromatic rings. The smallest absolute Gasteiger partial charge is 0.200 e. The van der Waals surface area contributed by atoms with Gasteiger partial charge in [0, 0.05) is 36.6 Å². The second-order valence-corrected chi connectivity index (χ2v) is 8.63. The molecule has 0 radical (unpaired) electrons. The lowest BCUT2D eigenvalue weighted by atomic mass is 10.1. The van der Waals surface area contributed by atoms with Crippen LogP contribution >= 0.6 is 23.2 Å². The molecule has 0 spiro atoms. The predicted molar refractivity (Wildman–Crippen MR) is 119 cm³/mol. The second kappa shape index (κ2) is 8.30. The Morgan fingerprint density at radius 1 is 1.19 bits per heavy atom. The van der Waals surface area contributed by atoms with Crippen molar-refractivity contribution in [2.75, 3.05) is 25.0 Å². The molecule has 2 aromatic heterocycles. The van der Waals surface area contributed by atoms with Gasteiger partial charge >= 0.3 is 0 Å². The van der Waals surface area contributed by atoms with Crippen molar-refractivity contribution in [3.05, 3.63) is 58.2 Å². The molecule has 2 aliphatic heterocycles. The summed E-state index contributed by atoms with van der Waals surface area (Å²) in [6.07, 6.45) is 7.18. The zero-order valence-corrected chi connectivity index (χ0v) is 18.5. The van der Waals surface area contributed by atoms with Crippen LogP contribution in [-0.2, 0) is 0 Å². The van der Waals surface area contributed by atoms with Crippen LogP contribution in [0.25, 0.3) is 11.1 Å². The van der Waals surface area contributed by atoms with Gasteiger partial charge in [-0.05, 0) is 37.6 Å². The fourth-order valence-corrected chi connectivity index (χ4v) is 4.75. The standard InChI is InChI=1S/C22H22Cl2FN5O/c1-2-29-7-5-15(6-8-29)30-12-14(11-27-30)13-9-18-21(26-10-13)28-22(31-18)19-16(23)3-4-17(25)20(19)24/h3-4,9-12,15,22H,2,5-8H2,1H3,(H,26,28)/t22-/m0/s1. The maximum Gasteiger partial charge on any atom is 0.200 e. The van der Waals surface area contributed by atoms with Crippen LogP contribution in [-0.4, -0.2) is 39.3 Å². The lowest BCUT2D eigenvalue weighted by molar-refractivity contribution is 0.187. The molecule has 1 atom stereocenters. The van der Waals surface area contributed by atoms with E-state index < -0.39 is 12.0 Å². The second-order valence-electron chi connectivity index (χ2n) is 7.84. The highest BCUT2D eigenvalue weighted by Crippen LogP contribution is 2.43. The number of fused-ring (bicyclic) bond motifs is 1. The highest BCUT2D eigenvalue weighted by molar-refractivity contribution is 6.36. The number of anilines is 1. The molecule has 1 fully saturated rings. The molecule has 6 nitrogen and oxygen atoms in total. The van der Waals surface area contributed by atoms with E-state index in [1.807, 2.05) is 12.3 Å². The molecular weight excluding hydrogens is 440 g/mol. The van der Waals surface area contributed by atoms with E-state index in [4.69, 9.17) is 27.9 Å². The quantitative estimate of drug-likeness (QED) is 0.516. The Morgan fingerprint density at radius 2 is 2.00 bits per heavy atom. The number of benzene rings is 1. The van der Waals surface area contributed by atoms with Crippen LogP contribution in [0.15, 0.2) is 36.8 Å². The Labute approximate surface area is 189 Å². The van der Waals surface area contributed by atoms with Crippen LogP contribution in [0.3, 0.4) is 0 Å². The predicted octanol–water partition coefficient (Wildman–Crippen LogP) is 5.55. The fraction of sp³-hybridized carbons (Fsp3) is 0.364. The number of likely N-dealkylation sites (tertiary alicyclic amines) is 1. The number of rotatable bonds is 4. The van der Waals surface area contributed by atoms with Gasteiger partial charge in [-0.15, -0.1) is 0 Å². The fourth-order valence-electron chi connectivity index (χ4n) is 4.18. The summed E-state index contributed by atoms with van der Waals surface area (Å²) in [5.41, 5.74) is 2.23. The largest absolute Gasteiger partial charge is 0.462 e. The molecule has 0 bridgehead atoms. The van der Waals surface area contributed by atoms with Gasteiger partial charge in [0.15, 0.2) is 11.6 Å². The summed E-state index contributed by atoms with van der Waals surface area (Å²) in [6, 6.07) is 5.01. The maximum absolute atomic E-state index is 13.9. The van der Waals surface area contributed by atoms with E-state index in [2.05, 4.69) is 38.1 Å². The Morgan fingerprint density at radius 3 is 2.77 bits per heavy atom. The van der Waals surface area contributed by atoms with Crippen molar-refractivity contribution >= 4 is 29.0 Å². The third-order valence-electron chi connectivity index (χ3n) is 6.02. The summed E-state index contributed by atoms with van der Waals surface area (Å²) < 4.78 is 22.0. The van der Waals surface area contributed by atoms with Crippen molar-refractivity contribution in [1.29, 1.82) is 0 Å². The average molecular weight is 462 g/mol. The van der Waals surface area contributed by atoms with Crippen LogP contribution in [0.1, 0.15) is 37.6 Å². The van der Waals surface area contributed by atoms with Gasteiger partial charge in [0.05, 0.1) is 27.8 Å². The zero-order chi connectivity index (χ0) is 21.5. The van der Waals surface area contributed by atoms with E-state index >= 15 is 0 Å². The first kappa shape index (κ1) is 20.5. The molecular formula is C22H22Cl2FN5O. The zero-order valence-electron chi connectivity index (χ0n) is 17.0. The van der Waals surface area contributed by atoms with Gasteiger partial charge in [-0.25, -0.2) is 9.37 Å². The first-order valence-electron chi connectivity index (χ1n) is 10.4. The summed E-state index contributed by atoms with van der Waals surface area (Å²) in [4.78, 5) is 6.94. The number of piperidine rings is 1.